The van der Waals surface area contributed by atoms with Gasteiger partial charge in [0.15, 0.2) is 6.29 Å². The summed E-state index contributed by atoms with van der Waals surface area (Å²) in [6.07, 6.45) is 0.692. The third kappa shape index (κ3) is 2.53. The molecule has 0 radical (unpaired) electrons. The third-order valence-electron chi connectivity index (χ3n) is 2.50. The van der Waals surface area contributed by atoms with Gasteiger partial charge in [0.25, 0.3) is 0 Å². The summed E-state index contributed by atoms with van der Waals surface area (Å²) in [7, 11) is 0. The van der Waals surface area contributed by atoms with Crippen molar-refractivity contribution >= 4 is 17.9 Å². The Kier molecular flexibility index (Phi) is 3.25. The van der Waals surface area contributed by atoms with Gasteiger partial charge in [-0.05, 0) is 47.9 Å². The maximum Gasteiger partial charge on any atom is 0.151 e. The molecule has 0 atom stereocenters. The molecule has 3 heteroatoms. The number of carbonyl (C=O) groups is 1. The van der Waals surface area contributed by atoms with Crippen molar-refractivity contribution in [2.24, 2.45) is 0 Å². The van der Waals surface area contributed by atoms with Crippen LogP contribution in [0.5, 0.6) is 0 Å². The summed E-state index contributed by atoms with van der Waals surface area (Å²) in [5.74, 6) is -0.289. The Labute approximate surface area is 104 Å². The number of hydrogen-bond donors (Lipinski definition) is 0. The van der Waals surface area contributed by atoms with Gasteiger partial charge in [-0.15, -0.1) is 0 Å². The van der Waals surface area contributed by atoms with Crippen molar-refractivity contribution in [2.45, 2.75) is 6.92 Å². The topological polar surface area (TPSA) is 17.1 Å². The molecule has 86 valence electrons. The van der Waals surface area contributed by atoms with Crippen LogP contribution in [0.4, 0.5) is 4.39 Å². The molecular formula is C14H10ClFO. The van der Waals surface area contributed by atoms with Crippen molar-refractivity contribution in [3.63, 3.8) is 0 Å². The number of aryl methyl sites for hydroxylation is 1. The van der Waals surface area contributed by atoms with Gasteiger partial charge in [-0.2, -0.15) is 0 Å². The SMILES string of the molecule is Cc1cc(F)cc(-c2ccc(Cl)c(C=O)c2)c1. The van der Waals surface area contributed by atoms with Crippen molar-refractivity contribution in [1.82, 2.24) is 0 Å². The van der Waals surface area contributed by atoms with Crippen LogP contribution in [0.15, 0.2) is 36.4 Å². The van der Waals surface area contributed by atoms with Crippen LogP contribution < -0.4 is 0 Å². The molecule has 2 aromatic carbocycles. The summed E-state index contributed by atoms with van der Waals surface area (Å²) in [5.41, 5.74) is 2.76. The Hall–Kier alpha value is -1.67. The van der Waals surface area contributed by atoms with E-state index in [4.69, 9.17) is 11.6 Å². The quantitative estimate of drug-likeness (QED) is 0.726. The highest BCUT2D eigenvalue weighted by atomic mass is 35.5. The molecule has 0 saturated heterocycles. The van der Waals surface area contributed by atoms with Crippen molar-refractivity contribution in [3.05, 3.63) is 58.4 Å². The van der Waals surface area contributed by atoms with Gasteiger partial charge in [0.2, 0.25) is 0 Å². The minimum absolute atomic E-state index is 0.289. The summed E-state index contributed by atoms with van der Waals surface area (Å²) >= 11 is 5.84. The van der Waals surface area contributed by atoms with Crippen LogP contribution in [0, 0.1) is 12.7 Å². The van der Waals surface area contributed by atoms with Gasteiger partial charge in [-0.1, -0.05) is 23.7 Å². The van der Waals surface area contributed by atoms with E-state index in [0.29, 0.717) is 16.9 Å². The average molecular weight is 249 g/mol. The second kappa shape index (κ2) is 4.68. The van der Waals surface area contributed by atoms with Crippen molar-refractivity contribution < 1.29 is 9.18 Å². The highest BCUT2D eigenvalue weighted by Gasteiger charge is 2.05. The number of carbonyl (C=O) groups excluding carboxylic acids is 1. The van der Waals surface area contributed by atoms with Crippen LogP contribution in [0.3, 0.4) is 0 Å². The highest BCUT2D eigenvalue weighted by molar-refractivity contribution is 6.33. The molecule has 0 aromatic heterocycles. The zero-order chi connectivity index (χ0) is 12.4. The second-order valence-electron chi connectivity index (χ2n) is 3.87. The lowest BCUT2D eigenvalue weighted by atomic mass is 10.0. The van der Waals surface area contributed by atoms with Gasteiger partial charge in [0, 0.05) is 5.56 Å². The standard InChI is InChI=1S/C14H10ClFO/c1-9-4-11(7-13(16)5-9)10-2-3-14(15)12(6-10)8-17/h2-8H,1H3. The Bertz CT molecular complexity index is 558. The Balaban J connectivity index is 2.56. The summed E-state index contributed by atoms with van der Waals surface area (Å²) in [6, 6.07) is 9.82. The van der Waals surface area contributed by atoms with Crippen molar-refractivity contribution in [1.29, 1.82) is 0 Å². The van der Waals surface area contributed by atoms with E-state index >= 15 is 0 Å². The summed E-state index contributed by atoms with van der Waals surface area (Å²) in [5, 5.41) is 0.400. The Morgan fingerprint density at radius 1 is 1.12 bits per heavy atom. The van der Waals surface area contributed by atoms with Crippen LogP contribution in [-0.4, -0.2) is 6.29 Å². The van der Waals surface area contributed by atoms with Crippen molar-refractivity contribution in [2.75, 3.05) is 0 Å². The van der Waals surface area contributed by atoms with E-state index in [-0.39, 0.29) is 5.82 Å². The first-order valence-corrected chi connectivity index (χ1v) is 5.50. The second-order valence-corrected chi connectivity index (χ2v) is 4.28. The molecule has 2 rings (SSSR count). The molecule has 0 saturated carbocycles. The minimum Gasteiger partial charge on any atom is -0.298 e. The van der Waals surface area contributed by atoms with Gasteiger partial charge < -0.3 is 0 Å². The number of rotatable bonds is 2. The molecule has 2 aromatic rings. The fourth-order valence-corrected chi connectivity index (χ4v) is 1.88. The predicted octanol–water partition coefficient (Wildman–Crippen LogP) is 4.27. The molecule has 1 nitrogen and oxygen atoms in total. The molecule has 0 aliphatic carbocycles. The molecular weight excluding hydrogens is 239 g/mol. The van der Waals surface area contributed by atoms with E-state index in [1.54, 1.807) is 18.2 Å². The summed E-state index contributed by atoms with van der Waals surface area (Å²) in [6.45, 7) is 1.82. The van der Waals surface area contributed by atoms with E-state index in [2.05, 4.69) is 0 Å². The average Bonchev–Trinajstić information content (AvgIpc) is 2.28. The lowest BCUT2D eigenvalue weighted by Gasteiger charge is -2.05. The Morgan fingerprint density at radius 3 is 2.53 bits per heavy atom. The van der Waals surface area contributed by atoms with Gasteiger partial charge in [-0.25, -0.2) is 4.39 Å². The molecule has 0 aliphatic rings. The third-order valence-corrected chi connectivity index (χ3v) is 2.84. The first kappa shape index (κ1) is 11.8. The maximum atomic E-state index is 13.3. The van der Waals surface area contributed by atoms with Crippen molar-refractivity contribution in [3.8, 4) is 11.1 Å². The smallest absolute Gasteiger partial charge is 0.151 e. The highest BCUT2D eigenvalue weighted by Crippen LogP contribution is 2.25. The minimum atomic E-state index is -0.289. The Morgan fingerprint density at radius 2 is 1.88 bits per heavy atom. The number of aldehydes is 1. The predicted molar refractivity (Wildman–Crippen MR) is 67.0 cm³/mol. The molecule has 0 bridgehead atoms. The molecule has 0 N–H and O–H groups in total. The van der Waals surface area contributed by atoms with Gasteiger partial charge >= 0.3 is 0 Å². The van der Waals surface area contributed by atoms with Crippen LogP contribution in [-0.2, 0) is 0 Å². The monoisotopic (exact) mass is 248 g/mol. The number of hydrogen-bond acceptors (Lipinski definition) is 1. The number of benzene rings is 2. The molecule has 0 heterocycles. The molecule has 0 aliphatic heterocycles. The fourth-order valence-electron chi connectivity index (χ4n) is 1.72. The zero-order valence-corrected chi connectivity index (χ0v) is 9.96. The van der Waals surface area contributed by atoms with E-state index in [1.165, 1.54) is 12.1 Å². The first-order valence-electron chi connectivity index (χ1n) is 5.12. The van der Waals surface area contributed by atoms with Gasteiger partial charge in [0.1, 0.15) is 5.82 Å². The molecule has 0 unspecified atom stereocenters. The maximum absolute atomic E-state index is 13.3. The molecule has 0 fully saturated rings. The van der Waals surface area contributed by atoms with E-state index in [1.807, 2.05) is 13.0 Å². The van der Waals surface area contributed by atoms with Gasteiger partial charge in [0.05, 0.1) is 5.02 Å². The normalized spacial score (nSPS) is 10.3. The first-order chi connectivity index (χ1) is 8.10. The van der Waals surface area contributed by atoms with E-state index in [9.17, 15) is 9.18 Å². The lowest BCUT2D eigenvalue weighted by molar-refractivity contribution is 0.112. The fraction of sp³-hybridized carbons (Fsp3) is 0.0714. The van der Waals surface area contributed by atoms with Crippen LogP contribution in [0.1, 0.15) is 15.9 Å². The molecule has 0 spiro atoms. The van der Waals surface area contributed by atoms with Crippen LogP contribution in [0.25, 0.3) is 11.1 Å². The number of halogens is 2. The van der Waals surface area contributed by atoms with Gasteiger partial charge in [-0.3, -0.25) is 4.79 Å². The zero-order valence-electron chi connectivity index (χ0n) is 9.21. The largest absolute Gasteiger partial charge is 0.298 e. The van der Waals surface area contributed by atoms with Crippen LogP contribution >= 0.6 is 11.6 Å². The van der Waals surface area contributed by atoms with E-state index in [0.717, 1.165) is 16.7 Å². The molecule has 17 heavy (non-hydrogen) atoms. The lowest BCUT2D eigenvalue weighted by Crippen LogP contribution is -1.87. The molecule has 0 amide bonds. The summed E-state index contributed by atoms with van der Waals surface area (Å²) in [4.78, 5) is 10.8. The summed E-state index contributed by atoms with van der Waals surface area (Å²) < 4.78 is 13.3. The van der Waals surface area contributed by atoms with E-state index < -0.39 is 0 Å². The van der Waals surface area contributed by atoms with Crippen LogP contribution in [0.2, 0.25) is 5.02 Å².